The lowest BCUT2D eigenvalue weighted by atomic mass is 9.69. The van der Waals surface area contributed by atoms with Crippen LogP contribution in [0.4, 0.5) is 11.4 Å². The molecule has 1 heterocycles. The summed E-state index contributed by atoms with van der Waals surface area (Å²) in [7, 11) is 0. The van der Waals surface area contributed by atoms with Crippen LogP contribution < -0.4 is 10.2 Å². The van der Waals surface area contributed by atoms with Crippen molar-refractivity contribution in [3.05, 3.63) is 34.9 Å². The second-order valence-electron chi connectivity index (χ2n) is 13.6. The molecule has 1 N–H and O–H groups in total. The van der Waals surface area contributed by atoms with Gasteiger partial charge in [-0.3, -0.25) is 19.2 Å². The van der Waals surface area contributed by atoms with E-state index in [9.17, 15) is 19.2 Å². The SMILES string of the molecule is CCN(CC)c1ccc(C2C(=O)C(=C3C(=O)N(C(C)(C)C)N=C3CCC3CCCC3)C2=O)c(NC(=O)C(C)(C)CC)c1. The number of carbonyl (C=O) groups is 4. The molecule has 3 aliphatic rings. The molecule has 1 aromatic rings. The van der Waals surface area contributed by atoms with E-state index in [1.54, 1.807) is 6.07 Å². The number of nitrogens with one attached hydrogen (secondary N) is 1. The van der Waals surface area contributed by atoms with Gasteiger partial charge < -0.3 is 10.2 Å². The number of carbonyl (C=O) groups excluding carboxylic acids is 4. The molecule has 2 aliphatic carbocycles. The molecule has 8 nitrogen and oxygen atoms in total. The molecular formula is C34H48N4O4. The van der Waals surface area contributed by atoms with E-state index in [-0.39, 0.29) is 34.5 Å². The Hall–Kier alpha value is -3.29. The summed E-state index contributed by atoms with van der Waals surface area (Å²) in [5.74, 6) is -1.79. The van der Waals surface area contributed by atoms with Gasteiger partial charge in [0.1, 0.15) is 5.92 Å². The first-order chi connectivity index (χ1) is 19.7. The van der Waals surface area contributed by atoms with Gasteiger partial charge in [-0.2, -0.15) is 5.10 Å². The molecule has 228 valence electrons. The van der Waals surface area contributed by atoms with Crippen molar-refractivity contribution in [2.24, 2.45) is 16.4 Å². The molecule has 0 saturated heterocycles. The second kappa shape index (κ2) is 12.1. The molecule has 8 heteroatoms. The number of ketones is 2. The number of hydrazone groups is 1. The van der Waals surface area contributed by atoms with Crippen LogP contribution in [0.15, 0.2) is 34.4 Å². The lowest BCUT2D eigenvalue weighted by Gasteiger charge is -2.32. The van der Waals surface area contributed by atoms with E-state index < -0.39 is 16.9 Å². The van der Waals surface area contributed by atoms with Crippen molar-refractivity contribution in [3.63, 3.8) is 0 Å². The summed E-state index contributed by atoms with van der Waals surface area (Å²) in [5, 5.41) is 9.12. The highest BCUT2D eigenvalue weighted by molar-refractivity contribution is 6.48. The van der Waals surface area contributed by atoms with Crippen LogP contribution in [0.25, 0.3) is 0 Å². The predicted molar refractivity (Wildman–Crippen MR) is 168 cm³/mol. The van der Waals surface area contributed by atoms with Gasteiger partial charge >= 0.3 is 0 Å². The predicted octanol–water partition coefficient (Wildman–Crippen LogP) is 6.41. The Labute approximate surface area is 251 Å². The summed E-state index contributed by atoms with van der Waals surface area (Å²) in [6.45, 7) is 17.0. The molecule has 0 unspecified atom stereocenters. The molecule has 42 heavy (non-hydrogen) atoms. The van der Waals surface area contributed by atoms with Crippen LogP contribution >= 0.6 is 0 Å². The standard InChI is InChI=1S/C34H48N4O4/c1-9-34(7,8)32(42)35-25-20-22(37(10-2)11-3)17-18-23(25)26-29(39)28(30(26)40)27-24(19-16-21-14-12-13-15-21)36-38(31(27)41)33(4,5)6/h17-18,20-21,26H,9-16,19H2,1-8H3,(H,35,42). The zero-order chi connectivity index (χ0) is 31.0. The van der Waals surface area contributed by atoms with Crippen molar-refractivity contribution in [1.29, 1.82) is 0 Å². The van der Waals surface area contributed by atoms with E-state index in [0.717, 1.165) is 25.2 Å². The maximum atomic E-state index is 13.9. The van der Waals surface area contributed by atoms with Gasteiger partial charge in [0.25, 0.3) is 5.91 Å². The maximum Gasteiger partial charge on any atom is 0.277 e. The fourth-order valence-electron chi connectivity index (χ4n) is 6.09. The minimum absolute atomic E-state index is 0.0408. The van der Waals surface area contributed by atoms with E-state index >= 15 is 0 Å². The van der Waals surface area contributed by atoms with Crippen molar-refractivity contribution in [2.75, 3.05) is 23.3 Å². The van der Waals surface area contributed by atoms with Gasteiger partial charge in [-0.25, -0.2) is 5.01 Å². The zero-order valence-corrected chi connectivity index (χ0v) is 26.7. The average molecular weight is 577 g/mol. The summed E-state index contributed by atoms with van der Waals surface area (Å²) >= 11 is 0. The molecule has 0 radical (unpaired) electrons. The molecule has 2 fully saturated rings. The van der Waals surface area contributed by atoms with E-state index in [4.69, 9.17) is 0 Å². The Balaban J connectivity index is 1.72. The van der Waals surface area contributed by atoms with E-state index in [2.05, 4.69) is 29.2 Å². The van der Waals surface area contributed by atoms with Crippen LogP contribution in [0.2, 0.25) is 0 Å². The minimum atomic E-state index is -1.06. The first kappa shape index (κ1) is 31.6. The number of Topliss-reactive ketones (excluding diaryl/α,β-unsaturated/α-hetero) is 2. The first-order valence-corrected chi connectivity index (χ1v) is 15.7. The largest absolute Gasteiger partial charge is 0.372 e. The Morgan fingerprint density at radius 3 is 2.14 bits per heavy atom. The fraction of sp³-hybridized carbons (Fsp3) is 0.618. The number of amides is 2. The Kier molecular flexibility index (Phi) is 9.14. The van der Waals surface area contributed by atoms with E-state index in [1.165, 1.54) is 30.7 Å². The molecule has 0 atom stereocenters. The highest BCUT2D eigenvalue weighted by Crippen LogP contribution is 2.43. The molecule has 2 amide bonds. The Morgan fingerprint density at radius 1 is 0.976 bits per heavy atom. The molecule has 0 spiro atoms. The summed E-state index contributed by atoms with van der Waals surface area (Å²) in [5.41, 5.74) is 1.30. The van der Waals surface area contributed by atoms with Crippen LogP contribution in [0.3, 0.4) is 0 Å². The normalized spacial score (nSPS) is 19.9. The van der Waals surface area contributed by atoms with Gasteiger partial charge in [0.15, 0.2) is 11.6 Å². The topological polar surface area (TPSA) is 99.2 Å². The molecule has 2 saturated carbocycles. The highest BCUT2D eigenvalue weighted by Gasteiger charge is 2.52. The monoisotopic (exact) mass is 576 g/mol. The molecule has 0 aromatic heterocycles. The summed E-state index contributed by atoms with van der Waals surface area (Å²) < 4.78 is 0. The van der Waals surface area contributed by atoms with Gasteiger partial charge in [-0.05, 0) is 77.5 Å². The zero-order valence-electron chi connectivity index (χ0n) is 26.7. The molecule has 4 rings (SSSR count). The van der Waals surface area contributed by atoms with Gasteiger partial charge in [0.2, 0.25) is 5.91 Å². The maximum absolute atomic E-state index is 13.9. The van der Waals surface area contributed by atoms with Crippen molar-refractivity contribution in [1.82, 2.24) is 5.01 Å². The van der Waals surface area contributed by atoms with Crippen LogP contribution in [-0.2, 0) is 19.2 Å². The summed E-state index contributed by atoms with van der Waals surface area (Å²) in [6, 6.07) is 5.52. The van der Waals surface area contributed by atoms with E-state index in [1.807, 2.05) is 53.7 Å². The summed E-state index contributed by atoms with van der Waals surface area (Å²) in [6.07, 6.45) is 6.88. The number of benzene rings is 1. The molecule has 0 bridgehead atoms. The quantitative estimate of drug-likeness (QED) is 0.197. The average Bonchev–Trinajstić information content (AvgIpc) is 3.57. The fourth-order valence-corrected chi connectivity index (χ4v) is 6.09. The summed E-state index contributed by atoms with van der Waals surface area (Å²) in [4.78, 5) is 56.8. The van der Waals surface area contributed by atoms with Gasteiger partial charge in [-0.15, -0.1) is 0 Å². The number of hydrogen-bond acceptors (Lipinski definition) is 6. The third kappa shape index (κ3) is 5.95. The first-order valence-electron chi connectivity index (χ1n) is 15.7. The van der Waals surface area contributed by atoms with Crippen molar-refractivity contribution in [3.8, 4) is 0 Å². The third-order valence-electron chi connectivity index (χ3n) is 9.31. The van der Waals surface area contributed by atoms with Crippen molar-refractivity contribution < 1.29 is 19.2 Å². The molecular weight excluding hydrogens is 528 g/mol. The lowest BCUT2D eigenvalue weighted by molar-refractivity contribution is -0.135. The molecule has 1 aliphatic heterocycles. The van der Waals surface area contributed by atoms with Gasteiger partial charge in [-0.1, -0.05) is 52.5 Å². The number of hydrogen-bond donors (Lipinski definition) is 1. The van der Waals surface area contributed by atoms with Gasteiger partial charge in [0.05, 0.1) is 22.4 Å². The lowest BCUT2D eigenvalue weighted by Crippen LogP contribution is -2.44. The van der Waals surface area contributed by atoms with Crippen LogP contribution in [0.5, 0.6) is 0 Å². The smallest absolute Gasteiger partial charge is 0.277 e. The van der Waals surface area contributed by atoms with Crippen molar-refractivity contribution >= 4 is 40.5 Å². The van der Waals surface area contributed by atoms with Crippen LogP contribution in [-0.4, -0.2) is 52.7 Å². The number of anilines is 2. The number of rotatable bonds is 10. The molecule has 1 aromatic carbocycles. The second-order valence-corrected chi connectivity index (χ2v) is 13.6. The van der Waals surface area contributed by atoms with Crippen LogP contribution in [0.1, 0.15) is 112 Å². The van der Waals surface area contributed by atoms with Crippen molar-refractivity contribution in [2.45, 2.75) is 112 Å². The Bertz CT molecular complexity index is 1310. The number of nitrogens with zero attached hydrogens (tertiary/aromatic N) is 3. The number of allylic oxidation sites excluding steroid dienone is 1. The highest BCUT2D eigenvalue weighted by atomic mass is 16.2. The Morgan fingerprint density at radius 2 is 1.60 bits per heavy atom. The minimum Gasteiger partial charge on any atom is -0.372 e. The van der Waals surface area contributed by atoms with Crippen LogP contribution in [0, 0.1) is 11.3 Å². The van der Waals surface area contributed by atoms with E-state index in [0.29, 0.717) is 35.7 Å². The third-order valence-corrected chi connectivity index (χ3v) is 9.31. The van der Waals surface area contributed by atoms with Gasteiger partial charge in [0, 0.05) is 29.9 Å².